The first kappa shape index (κ1) is 13.0. The van der Waals surface area contributed by atoms with Crippen LogP contribution in [0.3, 0.4) is 0 Å². The molecule has 0 radical (unpaired) electrons. The zero-order chi connectivity index (χ0) is 14.4. The normalized spacial score (nSPS) is 23.0. The van der Waals surface area contributed by atoms with Gasteiger partial charge < -0.3 is 8.94 Å². The van der Waals surface area contributed by atoms with Crippen LogP contribution in [0.2, 0.25) is 0 Å². The summed E-state index contributed by atoms with van der Waals surface area (Å²) >= 11 is 0. The molecule has 1 aliphatic heterocycles. The van der Waals surface area contributed by atoms with Crippen LogP contribution in [0, 0.1) is 13.8 Å². The third-order valence-electron chi connectivity index (χ3n) is 4.45. The molecule has 1 saturated carbocycles. The van der Waals surface area contributed by atoms with Gasteiger partial charge in [-0.3, -0.25) is 4.90 Å². The molecule has 4 rings (SSSR count). The van der Waals surface area contributed by atoms with Gasteiger partial charge in [0.15, 0.2) is 5.82 Å². The van der Waals surface area contributed by atoms with E-state index in [-0.39, 0.29) is 0 Å². The molecule has 0 unspecified atom stereocenters. The minimum atomic E-state index is 0.349. The fraction of sp³-hybridized carbons (Fsp3) is 0.667. The maximum Gasteiger partial charge on any atom is 0.231 e. The Hall–Kier alpha value is -1.69. The van der Waals surface area contributed by atoms with Crippen LogP contribution in [0.4, 0.5) is 0 Å². The highest BCUT2D eigenvalue weighted by Crippen LogP contribution is 2.39. The smallest absolute Gasteiger partial charge is 0.231 e. The van der Waals surface area contributed by atoms with E-state index in [0.717, 1.165) is 55.1 Å². The van der Waals surface area contributed by atoms with Gasteiger partial charge in [-0.2, -0.15) is 4.98 Å². The zero-order valence-electron chi connectivity index (χ0n) is 12.5. The molecule has 0 amide bonds. The highest BCUT2D eigenvalue weighted by Gasteiger charge is 2.33. The van der Waals surface area contributed by atoms with Crippen LogP contribution in [0.25, 0.3) is 0 Å². The Morgan fingerprint density at radius 2 is 2.00 bits per heavy atom. The lowest BCUT2D eigenvalue weighted by Crippen LogP contribution is -2.20. The molecule has 2 aromatic rings. The van der Waals surface area contributed by atoms with Crippen molar-refractivity contribution < 1.29 is 8.94 Å². The van der Waals surface area contributed by atoms with Crippen molar-refractivity contribution in [1.29, 1.82) is 0 Å². The van der Waals surface area contributed by atoms with Crippen LogP contribution in [0.1, 0.15) is 60.2 Å². The van der Waals surface area contributed by atoms with Gasteiger partial charge >= 0.3 is 0 Å². The molecule has 6 nitrogen and oxygen atoms in total. The van der Waals surface area contributed by atoms with Gasteiger partial charge in [0.2, 0.25) is 11.8 Å². The third-order valence-corrected chi connectivity index (χ3v) is 4.45. The van der Waals surface area contributed by atoms with Gasteiger partial charge in [-0.25, -0.2) is 4.98 Å². The maximum absolute atomic E-state index is 5.66. The Bertz CT molecular complexity index is 624. The van der Waals surface area contributed by atoms with E-state index in [1.54, 1.807) is 0 Å². The number of hydrogen-bond donors (Lipinski definition) is 0. The minimum absolute atomic E-state index is 0.349. The van der Waals surface area contributed by atoms with Crippen molar-refractivity contribution in [2.75, 3.05) is 13.1 Å². The second kappa shape index (κ2) is 4.94. The fourth-order valence-electron chi connectivity index (χ4n) is 2.90. The van der Waals surface area contributed by atoms with Crippen LogP contribution in [-0.4, -0.2) is 33.1 Å². The van der Waals surface area contributed by atoms with E-state index in [2.05, 4.69) is 20.0 Å². The molecule has 21 heavy (non-hydrogen) atoms. The summed E-state index contributed by atoms with van der Waals surface area (Å²) in [7, 11) is 0. The molecule has 0 spiro atoms. The quantitative estimate of drug-likeness (QED) is 0.861. The average molecular weight is 288 g/mol. The number of rotatable bonds is 4. The molecule has 0 aromatic carbocycles. The number of aryl methyl sites for hydroxylation is 2. The Labute approximate surface area is 123 Å². The van der Waals surface area contributed by atoms with Crippen molar-refractivity contribution in [3.05, 3.63) is 29.1 Å². The largest absolute Gasteiger partial charge is 0.444 e. The lowest BCUT2D eigenvalue weighted by molar-refractivity contribution is 0.276. The average Bonchev–Trinajstić information content (AvgIpc) is 2.88. The van der Waals surface area contributed by atoms with Crippen LogP contribution in [0.15, 0.2) is 8.94 Å². The first-order chi connectivity index (χ1) is 10.2. The zero-order valence-corrected chi connectivity index (χ0v) is 12.5. The van der Waals surface area contributed by atoms with Crippen molar-refractivity contribution in [3.8, 4) is 0 Å². The number of likely N-dealkylation sites (tertiary alicyclic amines) is 1. The molecule has 2 fully saturated rings. The number of hydrogen-bond acceptors (Lipinski definition) is 6. The van der Waals surface area contributed by atoms with Crippen molar-refractivity contribution in [2.45, 2.75) is 51.5 Å². The van der Waals surface area contributed by atoms with Crippen molar-refractivity contribution in [1.82, 2.24) is 20.0 Å². The van der Waals surface area contributed by atoms with Crippen molar-refractivity contribution in [2.24, 2.45) is 0 Å². The molecule has 3 heterocycles. The summed E-state index contributed by atoms with van der Waals surface area (Å²) < 4.78 is 11.1. The predicted molar refractivity (Wildman–Crippen MR) is 74.9 cm³/mol. The Morgan fingerprint density at radius 3 is 2.71 bits per heavy atom. The van der Waals surface area contributed by atoms with E-state index in [9.17, 15) is 0 Å². The van der Waals surface area contributed by atoms with E-state index in [1.165, 1.54) is 12.8 Å². The summed E-state index contributed by atoms with van der Waals surface area (Å²) in [6.45, 7) is 6.65. The van der Waals surface area contributed by atoms with Gasteiger partial charge in [-0.1, -0.05) is 5.16 Å². The van der Waals surface area contributed by atoms with Gasteiger partial charge in [0, 0.05) is 12.5 Å². The van der Waals surface area contributed by atoms with Crippen molar-refractivity contribution in [3.63, 3.8) is 0 Å². The van der Waals surface area contributed by atoms with E-state index < -0.39 is 0 Å². The van der Waals surface area contributed by atoms with Gasteiger partial charge in [0.05, 0.1) is 18.2 Å². The van der Waals surface area contributed by atoms with Crippen LogP contribution in [0.5, 0.6) is 0 Å². The van der Waals surface area contributed by atoms with Gasteiger partial charge in [-0.05, 0) is 39.7 Å². The lowest BCUT2D eigenvalue weighted by atomic mass is 10.1. The molecule has 0 bridgehead atoms. The summed E-state index contributed by atoms with van der Waals surface area (Å²) in [6.07, 6.45) is 3.47. The summed E-state index contributed by atoms with van der Waals surface area (Å²) in [4.78, 5) is 11.4. The highest BCUT2D eigenvalue weighted by atomic mass is 16.5. The van der Waals surface area contributed by atoms with E-state index in [1.807, 2.05) is 13.8 Å². The van der Waals surface area contributed by atoms with Crippen LogP contribution < -0.4 is 0 Å². The molecule has 1 atom stereocenters. The van der Waals surface area contributed by atoms with Gasteiger partial charge in [-0.15, -0.1) is 0 Å². The predicted octanol–water partition coefficient (Wildman–Crippen LogP) is 2.54. The Balaban J connectivity index is 1.39. The fourth-order valence-corrected chi connectivity index (χ4v) is 2.90. The molecular formula is C15H20N4O2. The standard InChI is InChI=1S/C15H20N4O2/c1-9-10(2)20-13(16-9)8-19-6-5-12(7-19)15-17-14(18-21-15)11-3-4-11/h11-12H,3-8H2,1-2H3/t12-/m1/s1. The minimum Gasteiger partial charge on any atom is -0.444 e. The third kappa shape index (κ3) is 2.60. The van der Waals surface area contributed by atoms with Crippen LogP contribution >= 0.6 is 0 Å². The van der Waals surface area contributed by atoms with Gasteiger partial charge in [0.25, 0.3) is 0 Å². The molecule has 0 N–H and O–H groups in total. The second-order valence-electron chi connectivity index (χ2n) is 6.24. The lowest BCUT2D eigenvalue weighted by Gasteiger charge is -2.12. The summed E-state index contributed by atoms with van der Waals surface area (Å²) in [5.41, 5.74) is 0.978. The molecule has 6 heteroatoms. The monoisotopic (exact) mass is 288 g/mol. The molecule has 2 aliphatic rings. The topological polar surface area (TPSA) is 68.2 Å². The number of aromatic nitrogens is 3. The van der Waals surface area contributed by atoms with E-state index in [0.29, 0.717) is 11.8 Å². The first-order valence-corrected chi connectivity index (χ1v) is 7.68. The van der Waals surface area contributed by atoms with Crippen molar-refractivity contribution >= 4 is 0 Å². The van der Waals surface area contributed by atoms with E-state index >= 15 is 0 Å². The molecule has 2 aromatic heterocycles. The van der Waals surface area contributed by atoms with E-state index in [4.69, 9.17) is 8.94 Å². The summed E-state index contributed by atoms with van der Waals surface area (Å²) in [5.74, 6) is 4.32. The number of oxazole rings is 1. The molecule has 1 aliphatic carbocycles. The molecule has 1 saturated heterocycles. The Kier molecular flexibility index (Phi) is 3.06. The first-order valence-electron chi connectivity index (χ1n) is 7.68. The summed E-state index contributed by atoms with van der Waals surface area (Å²) in [5, 5.41) is 4.11. The Morgan fingerprint density at radius 1 is 1.14 bits per heavy atom. The number of nitrogens with zero attached hydrogens (tertiary/aromatic N) is 4. The van der Waals surface area contributed by atoms with Crippen LogP contribution in [-0.2, 0) is 6.54 Å². The maximum atomic E-state index is 5.66. The molecule has 112 valence electrons. The second-order valence-corrected chi connectivity index (χ2v) is 6.24. The SMILES string of the molecule is Cc1nc(CN2CC[C@@H](c3nc(C4CC4)no3)C2)oc1C. The highest BCUT2D eigenvalue weighted by molar-refractivity contribution is 5.08. The molecular weight excluding hydrogens is 268 g/mol. The summed E-state index contributed by atoms with van der Waals surface area (Å²) in [6, 6.07) is 0. The van der Waals surface area contributed by atoms with Gasteiger partial charge in [0.1, 0.15) is 5.76 Å².